The molecular formula is C18H27N3O2. The van der Waals surface area contributed by atoms with Gasteiger partial charge in [-0.25, -0.2) is 0 Å². The van der Waals surface area contributed by atoms with Crippen molar-refractivity contribution in [2.24, 2.45) is 5.41 Å². The highest BCUT2D eigenvalue weighted by Gasteiger charge is 2.29. The zero-order valence-electron chi connectivity index (χ0n) is 14.5. The van der Waals surface area contributed by atoms with Crippen molar-refractivity contribution in [3.8, 4) is 0 Å². The first-order valence-corrected chi connectivity index (χ1v) is 8.19. The van der Waals surface area contributed by atoms with Crippen molar-refractivity contribution in [3.63, 3.8) is 0 Å². The van der Waals surface area contributed by atoms with Gasteiger partial charge in [-0.15, -0.1) is 0 Å². The van der Waals surface area contributed by atoms with Gasteiger partial charge in [-0.1, -0.05) is 39.0 Å². The molecule has 0 bridgehead atoms. The van der Waals surface area contributed by atoms with Gasteiger partial charge < -0.3 is 15.1 Å². The van der Waals surface area contributed by atoms with Crippen LogP contribution in [0.2, 0.25) is 0 Å². The Bertz CT molecular complexity index is 543. The van der Waals surface area contributed by atoms with Gasteiger partial charge in [0.05, 0.1) is 0 Å². The van der Waals surface area contributed by atoms with Crippen LogP contribution in [0.5, 0.6) is 0 Å². The minimum absolute atomic E-state index is 0.00434. The van der Waals surface area contributed by atoms with Crippen molar-refractivity contribution >= 4 is 17.5 Å². The number of hydrogen-bond acceptors (Lipinski definition) is 3. The number of benzene rings is 1. The number of anilines is 1. The molecule has 2 amide bonds. The Labute approximate surface area is 138 Å². The molecule has 0 unspecified atom stereocenters. The van der Waals surface area contributed by atoms with Gasteiger partial charge in [-0.05, 0) is 19.1 Å². The molecule has 0 aliphatic carbocycles. The molecule has 23 heavy (non-hydrogen) atoms. The van der Waals surface area contributed by atoms with E-state index in [2.05, 4.69) is 22.3 Å². The van der Waals surface area contributed by atoms with Crippen molar-refractivity contribution in [1.82, 2.24) is 10.2 Å². The molecule has 2 rings (SSSR count). The number of rotatable bonds is 3. The van der Waals surface area contributed by atoms with E-state index in [1.54, 1.807) is 6.92 Å². The number of para-hydroxylation sites is 1. The van der Waals surface area contributed by atoms with E-state index < -0.39 is 11.5 Å². The Morgan fingerprint density at radius 2 is 1.61 bits per heavy atom. The summed E-state index contributed by atoms with van der Waals surface area (Å²) >= 11 is 0. The number of carbonyl (C=O) groups is 2. The number of nitrogens with zero attached hydrogens (tertiary/aromatic N) is 2. The molecule has 1 aromatic rings. The van der Waals surface area contributed by atoms with Crippen LogP contribution in [-0.2, 0) is 9.59 Å². The summed E-state index contributed by atoms with van der Waals surface area (Å²) < 4.78 is 0. The second-order valence-corrected chi connectivity index (χ2v) is 7.09. The average molecular weight is 317 g/mol. The molecule has 0 spiro atoms. The maximum Gasteiger partial charge on any atom is 0.244 e. The molecule has 126 valence electrons. The van der Waals surface area contributed by atoms with Gasteiger partial charge >= 0.3 is 0 Å². The Kier molecular flexibility index (Phi) is 5.29. The van der Waals surface area contributed by atoms with E-state index in [1.807, 2.05) is 43.9 Å². The number of amides is 2. The van der Waals surface area contributed by atoms with Crippen LogP contribution in [-0.4, -0.2) is 48.9 Å². The number of carbonyl (C=O) groups excluding carboxylic acids is 2. The lowest BCUT2D eigenvalue weighted by atomic mass is 9.95. The van der Waals surface area contributed by atoms with Crippen LogP contribution in [0.25, 0.3) is 0 Å². The van der Waals surface area contributed by atoms with Gasteiger partial charge in [0.25, 0.3) is 0 Å². The largest absolute Gasteiger partial charge is 0.368 e. The highest BCUT2D eigenvalue weighted by molar-refractivity contribution is 5.89. The van der Waals surface area contributed by atoms with E-state index in [4.69, 9.17) is 0 Å². The monoisotopic (exact) mass is 317 g/mol. The fourth-order valence-corrected chi connectivity index (χ4v) is 2.57. The molecular weight excluding hydrogens is 290 g/mol. The average Bonchev–Trinajstić information content (AvgIpc) is 2.54. The number of nitrogens with one attached hydrogen (secondary N) is 1. The van der Waals surface area contributed by atoms with E-state index >= 15 is 0 Å². The fraction of sp³-hybridized carbons (Fsp3) is 0.556. The van der Waals surface area contributed by atoms with Gasteiger partial charge in [0.1, 0.15) is 6.04 Å². The fourth-order valence-electron chi connectivity index (χ4n) is 2.57. The van der Waals surface area contributed by atoms with Gasteiger partial charge in [0.15, 0.2) is 0 Å². The summed E-state index contributed by atoms with van der Waals surface area (Å²) in [6.07, 6.45) is 0. The maximum atomic E-state index is 12.5. The van der Waals surface area contributed by atoms with Gasteiger partial charge in [-0.2, -0.15) is 0 Å². The molecule has 1 N–H and O–H groups in total. The number of hydrogen-bond donors (Lipinski definition) is 1. The standard InChI is InChI=1S/C18H27N3O2/c1-14(19-17(23)18(2,3)4)16(22)21-12-10-20(11-13-21)15-8-6-5-7-9-15/h5-9,14H,10-13H2,1-4H3,(H,19,23)/t14-/m0/s1. The van der Waals surface area contributed by atoms with E-state index in [1.165, 1.54) is 5.69 Å². The molecule has 0 saturated carbocycles. The zero-order chi connectivity index (χ0) is 17.0. The molecule has 1 aliphatic rings. The summed E-state index contributed by atoms with van der Waals surface area (Å²) in [7, 11) is 0. The Hall–Kier alpha value is -2.04. The molecule has 1 heterocycles. The Morgan fingerprint density at radius 3 is 2.13 bits per heavy atom. The first kappa shape index (κ1) is 17.3. The summed E-state index contributed by atoms with van der Waals surface area (Å²) in [5.74, 6) is -0.100. The van der Waals surface area contributed by atoms with E-state index in [0.717, 1.165) is 13.1 Å². The lowest BCUT2D eigenvalue weighted by molar-refractivity contribution is -0.138. The molecule has 1 fully saturated rings. The van der Waals surface area contributed by atoms with Crippen LogP contribution >= 0.6 is 0 Å². The van der Waals surface area contributed by atoms with Crippen molar-refractivity contribution in [3.05, 3.63) is 30.3 Å². The third-order valence-electron chi connectivity index (χ3n) is 4.11. The summed E-state index contributed by atoms with van der Waals surface area (Å²) in [4.78, 5) is 28.6. The summed E-state index contributed by atoms with van der Waals surface area (Å²) in [6, 6.07) is 9.74. The van der Waals surface area contributed by atoms with Gasteiger partial charge in [-0.3, -0.25) is 9.59 Å². The summed E-state index contributed by atoms with van der Waals surface area (Å²) in [5.41, 5.74) is 0.703. The second kappa shape index (κ2) is 7.02. The molecule has 1 saturated heterocycles. The highest BCUT2D eigenvalue weighted by Crippen LogP contribution is 2.16. The second-order valence-electron chi connectivity index (χ2n) is 7.09. The van der Waals surface area contributed by atoms with E-state index in [-0.39, 0.29) is 11.8 Å². The Balaban J connectivity index is 1.87. The van der Waals surface area contributed by atoms with Crippen LogP contribution < -0.4 is 10.2 Å². The Morgan fingerprint density at radius 1 is 1.04 bits per heavy atom. The molecule has 1 aliphatic heterocycles. The smallest absolute Gasteiger partial charge is 0.244 e. The van der Waals surface area contributed by atoms with Crippen LogP contribution in [0.4, 0.5) is 5.69 Å². The predicted octanol–water partition coefficient (Wildman–Crippen LogP) is 1.89. The molecule has 1 atom stereocenters. The highest BCUT2D eigenvalue weighted by atomic mass is 16.2. The van der Waals surface area contributed by atoms with E-state index in [0.29, 0.717) is 13.1 Å². The van der Waals surface area contributed by atoms with Crippen molar-refractivity contribution < 1.29 is 9.59 Å². The van der Waals surface area contributed by atoms with Crippen LogP contribution in [0.15, 0.2) is 30.3 Å². The minimum Gasteiger partial charge on any atom is -0.368 e. The van der Waals surface area contributed by atoms with Crippen LogP contribution in [0.3, 0.4) is 0 Å². The minimum atomic E-state index is -0.486. The van der Waals surface area contributed by atoms with Gasteiger partial charge in [0, 0.05) is 37.3 Å². The van der Waals surface area contributed by atoms with Crippen LogP contribution in [0.1, 0.15) is 27.7 Å². The topological polar surface area (TPSA) is 52.7 Å². The van der Waals surface area contributed by atoms with E-state index in [9.17, 15) is 9.59 Å². The third-order valence-corrected chi connectivity index (χ3v) is 4.11. The molecule has 1 aromatic carbocycles. The lowest BCUT2D eigenvalue weighted by Gasteiger charge is -2.37. The molecule has 5 heteroatoms. The third kappa shape index (κ3) is 4.47. The predicted molar refractivity (Wildman–Crippen MR) is 92.3 cm³/mol. The molecule has 5 nitrogen and oxygen atoms in total. The van der Waals surface area contributed by atoms with Crippen molar-refractivity contribution in [1.29, 1.82) is 0 Å². The summed E-state index contributed by atoms with van der Waals surface area (Å²) in [5, 5.41) is 2.82. The molecule has 0 aromatic heterocycles. The quantitative estimate of drug-likeness (QED) is 0.926. The molecule has 0 radical (unpaired) electrons. The lowest BCUT2D eigenvalue weighted by Crippen LogP contribution is -2.55. The maximum absolute atomic E-state index is 12.5. The van der Waals surface area contributed by atoms with Gasteiger partial charge in [0.2, 0.25) is 11.8 Å². The van der Waals surface area contributed by atoms with Crippen molar-refractivity contribution in [2.75, 3.05) is 31.1 Å². The number of piperazine rings is 1. The van der Waals surface area contributed by atoms with Crippen LogP contribution in [0, 0.1) is 5.41 Å². The SMILES string of the molecule is C[C@H](NC(=O)C(C)(C)C)C(=O)N1CCN(c2ccccc2)CC1. The summed E-state index contributed by atoms with van der Waals surface area (Å²) in [6.45, 7) is 10.3. The first-order chi connectivity index (χ1) is 10.8. The first-order valence-electron chi connectivity index (χ1n) is 8.19. The zero-order valence-corrected chi connectivity index (χ0v) is 14.5. The van der Waals surface area contributed by atoms with Crippen molar-refractivity contribution in [2.45, 2.75) is 33.7 Å². The normalized spacial score (nSPS) is 16.9.